The van der Waals surface area contributed by atoms with E-state index in [0.717, 1.165) is 5.56 Å². The van der Waals surface area contributed by atoms with Crippen molar-refractivity contribution in [2.75, 3.05) is 13.7 Å². The molecular weight excluding hydrogens is 398 g/mol. The normalized spacial score (nSPS) is 11.7. The lowest BCUT2D eigenvalue weighted by Gasteiger charge is -2.18. The number of methoxy groups -OCH3 is 1. The first-order valence-electron chi connectivity index (χ1n) is 9.89. The lowest BCUT2D eigenvalue weighted by Crippen LogP contribution is -2.28. The van der Waals surface area contributed by atoms with E-state index in [-0.39, 0.29) is 35.2 Å². The van der Waals surface area contributed by atoms with E-state index in [9.17, 15) is 19.8 Å². The molecule has 162 valence electrons. The number of carbonyl (C=O) groups is 1. The summed E-state index contributed by atoms with van der Waals surface area (Å²) in [4.78, 5) is 25.2. The first-order valence-corrected chi connectivity index (χ1v) is 9.89. The monoisotopic (exact) mass is 423 g/mol. The molecule has 0 saturated carbocycles. The third-order valence-electron chi connectivity index (χ3n) is 5.02. The lowest BCUT2D eigenvalue weighted by atomic mass is 9.88. The van der Waals surface area contributed by atoms with Gasteiger partial charge in [0, 0.05) is 24.9 Å². The molecule has 2 aromatic carbocycles. The van der Waals surface area contributed by atoms with Crippen LogP contribution in [0.4, 0.5) is 0 Å². The van der Waals surface area contributed by atoms with E-state index in [1.165, 1.54) is 6.07 Å². The fraction of sp³-hybridized carbons (Fsp3) is 0.250. The molecule has 0 radical (unpaired) electrons. The number of benzene rings is 2. The molecule has 0 aliphatic rings. The number of nitrogens with one attached hydrogen (secondary N) is 1. The molecule has 0 bridgehead atoms. The highest BCUT2D eigenvalue weighted by Gasteiger charge is 2.25. The molecule has 0 spiro atoms. The van der Waals surface area contributed by atoms with E-state index in [0.29, 0.717) is 24.3 Å². The predicted octanol–water partition coefficient (Wildman–Crippen LogP) is 3.25. The van der Waals surface area contributed by atoms with Crippen molar-refractivity contribution in [3.8, 4) is 17.2 Å². The van der Waals surface area contributed by atoms with E-state index in [4.69, 9.17) is 9.15 Å². The Balaban J connectivity index is 1.78. The molecular formula is C24H25NO6. The van der Waals surface area contributed by atoms with Gasteiger partial charge in [-0.2, -0.15) is 0 Å². The molecule has 0 aliphatic heterocycles. The van der Waals surface area contributed by atoms with Gasteiger partial charge in [0.05, 0.1) is 12.7 Å². The van der Waals surface area contributed by atoms with Crippen molar-refractivity contribution < 1.29 is 24.2 Å². The molecule has 0 aliphatic carbocycles. The van der Waals surface area contributed by atoms with Gasteiger partial charge in [-0.15, -0.1) is 0 Å². The Hall–Kier alpha value is -3.74. The van der Waals surface area contributed by atoms with Crippen LogP contribution in [-0.2, 0) is 11.2 Å². The summed E-state index contributed by atoms with van der Waals surface area (Å²) in [6, 6.07) is 15.1. The third kappa shape index (κ3) is 5.66. The molecule has 1 heterocycles. The summed E-state index contributed by atoms with van der Waals surface area (Å²) in [6.07, 6.45) is 0.556. The fourth-order valence-corrected chi connectivity index (χ4v) is 3.42. The fourth-order valence-electron chi connectivity index (χ4n) is 3.42. The number of carbonyl (C=O) groups excluding carboxylic acids is 1. The summed E-state index contributed by atoms with van der Waals surface area (Å²) in [7, 11) is 1.55. The van der Waals surface area contributed by atoms with Crippen LogP contribution in [0.2, 0.25) is 0 Å². The van der Waals surface area contributed by atoms with Gasteiger partial charge in [0.2, 0.25) is 5.91 Å². The quantitative estimate of drug-likeness (QED) is 0.513. The Labute approximate surface area is 179 Å². The van der Waals surface area contributed by atoms with Crippen molar-refractivity contribution >= 4 is 5.91 Å². The van der Waals surface area contributed by atoms with Gasteiger partial charge in [-0.3, -0.25) is 4.79 Å². The molecule has 3 rings (SSSR count). The second-order valence-corrected chi connectivity index (χ2v) is 7.24. The van der Waals surface area contributed by atoms with E-state index in [2.05, 4.69) is 5.32 Å². The number of hydrogen-bond donors (Lipinski definition) is 3. The van der Waals surface area contributed by atoms with Crippen LogP contribution < -0.4 is 15.7 Å². The van der Waals surface area contributed by atoms with Crippen LogP contribution in [0.3, 0.4) is 0 Å². The van der Waals surface area contributed by atoms with Crippen molar-refractivity contribution in [3.05, 3.63) is 87.5 Å². The predicted molar refractivity (Wildman–Crippen MR) is 116 cm³/mol. The van der Waals surface area contributed by atoms with Gasteiger partial charge in [0.1, 0.15) is 23.0 Å². The number of hydrogen-bond acceptors (Lipinski definition) is 6. The van der Waals surface area contributed by atoms with Crippen LogP contribution in [-0.4, -0.2) is 29.8 Å². The van der Waals surface area contributed by atoms with Gasteiger partial charge < -0.3 is 24.7 Å². The van der Waals surface area contributed by atoms with Crippen molar-refractivity contribution in [1.82, 2.24) is 5.32 Å². The number of amides is 1. The molecule has 1 atom stereocenters. The summed E-state index contributed by atoms with van der Waals surface area (Å²) >= 11 is 0. The van der Waals surface area contributed by atoms with Crippen LogP contribution >= 0.6 is 0 Å². The number of ether oxygens (including phenoxy) is 1. The van der Waals surface area contributed by atoms with Gasteiger partial charge in [0.25, 0.3) is 0 Å². The van der Waals surface area contributed by atoms with Crippen LogP contribution in [0, 0.1) is 6.92 Å². The highest BCUT2D eigenvalue weighted by molar-refractivity contribution is 5.77. The van der Waals surface area contributed by atoms with Gasteiger partial charge in [-0.25, -0.2) is 4.79 Å². The topological polar surface area (TPSA) is 109 Å². The molecule has 0 saturated heterocycles. The highest BCUT2D eigenvalue weighted by Crippen LogP contribution is 2.33. The van der Waals surface area contributed by atoms with Crippen LogP contribution in [0.25, 0.3) is 0 Å². The zero-order chi connectivity index (χ0) is 22.4. The number of phenolic OH excluding ortho intramolecular Hbond substituents is 1. The second-order valence-electron chi connectivity index (χ2n) is 7.24. The maximum atomic E-state index is 12.7. The number of phenols is 1. The largest absolute Gasteiger partial charge is 0.508 e. The summed E-state index contributed by atoms with van der Waals surface area (Å²) in [6.45, 7) is 1.97. The van der Waals surface area contributed by atoms with E-state index < -0.39 is 11.5 Å². The molecule has 3 aromatic rings. The SMILES string of the molecule is COc1ccc([C@H](CC(=O)NCCc2ccc(O)cc2)c2c(O)cc(C)oc2=O)cc1. The highest BCUT2D eigenvalue weighted by atomic mass is 16.5. The molecule has 0 fully saturated rings. The zero-order valence-electron chi connectivity index (χ0n) is 17.4. The maximum Gasteiger partial charge on any atom is 0.343 e. The van der Waals surface area contributed by atoms with Gasteiger partial charge in [0.15, 0.2) is 0 Å². The smallest absolute Gasteiger partial charge is 0.343 e. The Morgan fingerprint density at radius 3 is 2.39 bits per heavy atom. The Kier molecular flexibility index (Phi) is 6.97. The van der Waals surface area contributed by atoms with Crippen molar-refractivity contribution in [2.45, 2.75) is 25.7 Å². The average molecular weight is 423 g/mol. The van der Waals surface area contributed by atoms with Crippen LogP contribution in [0.1, 0.15) is 34.8 Å². The van der Waals surface area contributed by atoms with E-state index in [1.54, 1.807) is 62.6 Å². The molecule has 3 N–H and O–H groups in total. The Morgan fingerprint density at radius 1 is 1.10 bits per heavy atom. The summed E-state index contributed by atoms with van der Waals surface area (Å²) in [5, 5.41) is 22.6. The van der Waals surface area contributed by atoms with Crippen LogP contribution in [0.15, 0.2) is 63.8 Å². The maximum absolute atomic E-state index is 12.7. The molecule has 0 unspecified atom stereocenters. The van der Waals surface area contributed by atoms with Gasteiger partial charge in [-0.05, 0) is 48.7 Å². The minimum Gasteiger partial charge on any atom is -0.508 e. The third-order valence-corrected chi connectivity index (χ3v) is 5.02. The van der Waals surface area contributed by atoms with Crippen molar-refractivity contribution in [1.29, 1.82) is 0 Å². The first-order chi connectivity index (χ1) is 14.9. The number of rotatable bonds is 8. The first kappa shape index (κ1) is 22.0. The van der Waals surface area contributed by atoms with Crippen molar-refractivity contribution in [2.24, 2.45) is 0 Å². The molecule has 1 amide bonds. The molecule has 1 aromatic heterocycles. The van der Waals surface area contributed by atoms with E-state index in [1.807, 2.05) is 0 Å². The average Bonchev–Trinajstić information content (AvgIpc) is 2.74. The lowest BCUT2D eigenvalue weighted by molar-refractivity contribution is -0.121. The minimum absolute atomic E-state index is 0.0384. The Morgan fingerprint density at radius 2 is 1.77 bits per heavy atom. The van der Waals surface area contributed by atoms with Gasteiger partial charge in [-0.1, -0.05) is 24.3 Å². The van der Waals surface area contributed by atoms with Gasteiger partial charge >= 0.3 is 5.63 Å². The van der Waals surface area contributed by atoms with Crippen LogP contribution in [0.5, 0.6) is 17.2 Å². The molecule has 7 nitrogen and oxygen atoms in total. The standard InChI is InChI=1S/C24H25NO6/c1-15-13-21(27)23(24(29)31-15)20(17-5-9-19(30-2)10-6-17)14-22(28)25-12-11-16-3-7-18(26)8-4-16/h3-10,13,20,26-27H,11-12,14H2,1-2H3,(H,25,28)/t20-/m0/s1. The Bertz CT molecular complexity index is 1090. The summed E-state index contributed by atoms with van der Waals surface area (Å²) < 4.78 is 10.4. The molecule has 31 heavy (non-hydrogen) atoms. The number of aromatic hydroxyl groups is 2. The zero-order valence-corrected chi connectivity index (χ0v) is 17.4. The minimum atomic E-state index is -0.684. The van der Waals surface area contributed by atoms with Crippen molar-refractivity contribution in [3.63, 3.8) is 0 Å². The van der Waals surface area contributed by atoms with E-state index >= 15 is 0 Å². The number of aryl methyl sites for hydroxylation is 1. The summed E-state index contributed by atoms with van der Waals surface area (Å²) in [5.41, 5.74) is 1.03. The second kappa shape index (κ2) is 9.84. The summed E-state index contributed by atoms with van der Waals surface area (Å²) in [5.74, 6) is -0.0344. The molecule has 7 heteroatoms.